The molecule has 0 unspecified atom stereocenters. The highest BCUT2D eigenvalue weighted by Gasteiger charge is 2.20. The highest BCUT2D eigenvalue weighted by atomic mass is 16.3. The molecule has 4 aromatic heterocycles. The SMILES string of the molecule is c1ccc(-c2cc(N(c3ccc4oc5cccnc5c4c3)c3ccc4oc5ccccc5c4n3)cc3ccccc23)cc1. The van der Waals surface area contributed by atoms with Crippen molar-refractivity contribution in [2.45, 2.75) is 0 Å². The standard InChI is InChI=1S/C38H23N3O2/c1-2-9-24(10-3-1)30-23-27(21-25-11-4-5-12-28(25)30)41(26-16-17-33-31(22-26)37-34(43-33)15-8-20-39-37)36-19-18-35-38(40-36)29-13-6-7-14-32(29)42-35/h1-23H. The molecule has 5 nitrogen and oxygen atoms in total. The Morgan fingerprint density at radius 2 is 1.21 bits per heavy atom. The number of nitrogens with zero attached hydrogens (tertiary/aromatic N) is 3. The van der Waals surface area contributed by atoms with Crippen molar-refractivity contribution in [1.82, 2.24) is 9.97 Å². The molecule has 202 valence electrons. The Bertz CT molecular complexity index is 2360. The minimum absolute atomic E-state index is 0.758. The van der Waals surface area contributed by atoms with Gasteiger partial charge in [-0.15, -0.1) is 0 Å². The van der Waals surface area contributed by atoms with Crippen molar-refractivity contribution in [3.63, 3.8) is 0 Å². The van der Waals surface area contributed by atoms with E-state index in [1.165, 1.54) is 5.39 Å². The lowest BCUT2D eigenvalue weighted by molar-refractivity contribution is 0.668. The molecule has 4 heterocycles. The second-order valence-corrected chi connectivity index (χ2v) is 10.7. The molecular weight excluding hydrogens is 530 g/mol. The number of pyridine rings is 2. The molecule has 0 aliphatic heterocycles. The summed E-state index contributed by atoms with van der Waals surface area (Å²) in [6, 6.07) is 45.7. The van der Waals surface area contributed by atoms with Crippen LogP contribution >= 0.6 is 0 Å². The Balaban J connectivity index is 1.34. The first-order valence-corrected chi connectivity index (χ1v) is 14.2. The summed E-state index contributed by atoms with van der Waals surface area (Å²) in [5.74, 6) is 0.786. The molecule has 0 fully saturated rings. The third-order valence-electron chi connectivity index (χ3n) is 8.09. The topological polar surface area (TPSA) is 55.3 Å². The van der Waals surface area contributed by atoms with Gasteiger partial charge in [0.1, 0.15) is 28.0 Å². The van der Waals surface area contributed by atoms with Crippen molar-refractivity contribution in [2.24, 2.45) is 0 Å². The molecule has 0 saturated heterocycles. The summed E-state index contributed by atoms with van der Waals surface area (Å²) in [4.78, 5) is 12.1. The summed E-state index contributed by atoms with van der Waals surface area (Å²) < 4.78 is 12.2. The number of fused-ring (bicyclic) bond motifs is 7. The van der Waals surface area contributed by atoms with Crippen molar-refractivity contribution in [1.29, 1.82) is 0 Å². The maximum Gasteiger partial charge on any atom is 0.154 e. The molecule has 9 rings (SSSR count). The number of hydrogen-bond donors (Lipinski definition) is 0. The lowest BCUT2D eigenvalue weighted by Gasteiger charge is -2.26. The molecule has 0 bridgehead atoms. The van der Waals surface area contributed by atoms with Crippen molar-refractivity contribution < 1.29 is 8.83 Å². The summed E-state index contributed by atoms with van der Waals surface area (Å²) in [5.41, 5.74) is 9.08. The van der Waals surface area contributed by atoms with Crippen LogP contribution in [0.4, 0.5) is 17.2 Å². The second kappa shape index (κ2) is 9.29. The minimum Gasteiger partial charge on any atom is -0.454 e. The van der Waals surface area contributed by atoms with Gasteiger partial charge in [0.2, 0.25) is 0 Å². The molecule has 0 radical (unpaired) electrons. The first-order chi connectivity index (χ1) is 21.3. The van der Waals surface area contributed by atoms with Gasteiger partial charge in [-0.2, -0.15) is 0 Å². The lowest BCUT2D eigenvalue weighted by Crippen LogP contribution is -2.12. The molecule has 0 aliphatic rings. The van der Waals surface area contributed by atoms with Gasteiger partial charge in [0.25, 0.3) is 0 Å². The molecule has 0 amide bonds. The summed E-state index contributed by atoms with van der Waals surface area (Å²) in [6.07, 6.45) is 1.80. The van der Waals surface area contributed by atoms with E-state index in [2.05, 4.69) is 94.8 Å². The van der Waals surface area contributed by atoms with Crippen LogP contribution in [-0.4, -0.2) is 9.97 Å². The first kappa shape index (κ1) is 23.7. The lowest BCUT2D eigenvalue weighted by atomic mass is 9.97. The van der Waals surface area contributed by atoms with Crippen LogP contribution in [0.25, 0.3) is 66.0 Å². The fourth-order valence-corrected chi connectivity index (χ4v) is 6.12. The minimum atomic E-state index is 0.758. The highest BCUT2D eigenvalue weighted by molar-refractivity contribution is 6.06. The van der Waals surface area contributed by atoms with E-state index in [4.69, 9.17) is 13.8 Å². The van der Waals surface area contributed by atoms with E-state index >= 15 is 0 Å². The quantitative estimate of drug-likeness (QED) is 0.217. The molecule has 0 aliphatic carbocycles. The van der Waals surface area contributed by atoms with E-state index < -0.39 is 0 Å². The molecule has 5 heteroatoms. The van der Waals surface area contributed by atoms with Crippen LogP contribution in [0.3, 0.4) is 0 Å². The zero-order valence-corrected chi connectivity index (χ0v) is 22.9. The van der Waals surface area contributed by atoms with Crippen LogP contribution in [0.15, 0.2) is 148 Å². The Hall–Kier alpha value is -5.94. The number of anilines is 3. The monoisotopic (exact) mass is 553 g/mol. The summed E-state index contributed by atoms with van der Waals surface area (Å²) in [7, 11) is 0. The number of aromatic nitrogens is 2. The normalized spacial score (nSPS) is 11.7. The highest BCUT2D eigenvalue weighted by Crippen LogP contribution is 2.42. The Morgan fingerprint density at radius 3 is 2.12 bits per heavy atom. The zero-order valence-electron chi connectivity index (χ0n) is 22.9. The molecule has 43 heavy (non-hydrogen) atoms. The van der Waals surface area contributed by atoms with Gasteiger partial charge in [-0.3, -0.25) is 9.88 Å². The molecule has 0 saturated carbocycles. The van der Waals surface area contributed by atoms with Gasteiger partial charge < -0.3 is 8.83 Å². The van der Waals surface area contributed by atoms with Crippen molar-refractivity contribution in [2.75, 3.05) is 4.90 Å². The van der Waals surface area contributed by atoms with Crippen molar-refractivity contribution in [3.05, 3.63) is 140 Å². The summed E-state index contributed by atoms with van der Waals surface area (Å²) in [6.45, 7) is 0. The fourth-order valence-electron chi connectivity index (χ4n) is 6.12. The maximum atomic E-state index is 6.13. The zero-order chi connectivity index (χ0) is 28.3. The van der Waals surface area contributed by atoms with Crippen LogP contribution in [0.5, 0.6) is 0 Å². The van der Waals surface area contributed by atoms with Gasteiger partial charge in [-0.25, -0.2) is 4.98 Å². The van der Waals surface area contributed by atoms with Gasteiger partial charge in [-0.1, -0.05) is 66.7 Å². The number of benzene rings is 5. The third-order valence-corrected chi connectivity index (χ3v) is 8.09. The Morgan fingerprint density at radius 1 is 0.488 bits per heavy atom. The van der Waals surface area contributed by atoms with Gasteiger partial charge in [0, 0.05) is 28.3 Å². The van der Waals surface area contributed by atoms with Gasteiger partial charge in [0.15, 0.2) is 11.2 Å². The van der Waals surface area contributed by atoms with Gasteiger partial charge in [-0.05, 0) is 88.6 Å². The van der Waals surface area contributed by atoms with Gasteiger partial charge in [0.05, 0.1) is 0 Å². The summed E-state index contributed by atoms with van der Waals surface area (Å²) in [5, 5.41) is 4.29. The van der Waals surface area contributed by atoms with Crippen LogP contribution < -0.4 is 4.90 Å². The predicted molar refractivity (Wildman–Crippen MR) is 174 cm³/mol. The average molecular weight is 554 g/mol. The smallest absolute Gasteiger partial charge is 0.154 e. The number of furan rings is 2. The number of para-hydroxylation sites is 1. The first-order valence-electron chi connectivity index (χ1n) is 14.2. The predicted octanol–water partition coefficient (Wildman–Crippen LogP) is 10.6. The summed E-state index contributed by atoms with van der Waals surface area (Å²) >= 11 is 0. The maximum absolute atomic E-state index is 6.13. The van der Waals surface area contributed by atoms with Crippen LogP contribution in [0, 0.1) is 0 Å². The fraction of sp³-hybridized carbons (Fsp3) is 0. The number of hydrogen-bond acceptors (Lipinski definition) is 5. The van der Waals surface area contributed by atoms with E-state index in [9.17, 15) is 0 Å². The van der Waals surface area contributed by atoms with Crippen LogP contribution in [-0.2, 0) is 0 Å². The van der Waals surface area contributed by atoms with E-state index in [0.717, 1.165) is 77.8 Å². The van der Waals surface area contributed by atoms with E-state index in [1.807, 2.05) is 48.5 Å². The molecule has 5 aromatic carbocycles. The van der Waals surface area contributed by atoms with Crippen molar-refractivity contribution >= 4 is 72.1 Å². The molecule has 0 N–H and O–H groups in total. The third kappa shape index (κ3) is 3.79. The second-order valence-electron chi connectivity index (χ2n) is 10.7. The molecule has 9 aromatic rings. The van der Waals surface area contributed by atoms with E-state index in [-0.39, 0.29) is 0 Å². The van der Waals surface area contributed by atoms with Crippen molar-refractivity contribution in [3.8, 4) is 11.1 Å². The number of rotatable bonds is 4. The van der Waals surface area contributed by atoms with E-state index in [0.29, 0.717) is 0 Å². The van der Waals surface area contributed by atoms with E-state index in [1.54, 1.807) is 6.20 Å². The molecule has 0 atom stereocenters. The largest absolute Gasteiger partial charge is 0.454 e. The van der Waals surface area contributed by atoms with Crippen LogP contribution in [0.2, 0.25) is 0 Å². The van der Waals surface area contributed by atoms with Gasteiger partial charge >= 0.3 is 0 Å². The Labute approximate surface area is 246 Å². The molecular formula is C38H23N3O2. The van der Waals surface area contributed by atoms with Crippen LogP contribution in [0.1, 0.15) is 0 Å². The Kier molecular flexibility index (Phi) is 5.13. The molecule has 0 spiro atoms. The average Bonchev–Trinajstić information content (AvgIpc) is 3.63.